The molecule has 3 aromatic heterocycles. The molecule has 0 saturated carbocycles. The highest BCUT2D eigenvalue weighted by molar-refractivity contribution is 7.27. The summed E-state index contributed by atoms with van der Waals surface area (Å²) in [5, 5.41) is 4.57. The molecule has 0 amide bonds. The van der Waals surface area contributed by atoms with E-state index < -0.39 is 43.0 Å². The fourth-order valence-corrected chi connectivity index (χ4v) is 19.1. The van der Waals surface area contributed by atoms with Crippen LogP contribution in [0.2, 0.25) is 0 Å². The number of aromatic nitrogens is 2. The van der Waals surface area contributed by atoms with E-state index in [4.69, 9.17) is 0 Å². The predicted molar refractivity (Wildman–Crippen MR) is 496 cm³/mol. The largest absolute Gasteiger partial charge is 0.310 e. The molecule has 0 fully saturated rings. The van der Waals surface area contributed by atoms with Crippen LogP contribution in [0.3, 0.4) is 0 Å². The van der Waals surface area contributed by atoms with Gasteiger partial charge < -0.3 is 18.9 Å². The molecule has 2 aliphatic rings. The fraction of sp³-hybridized carbons (Fsp3) is 0.222. The molecule has 0 unspecified atom stereocenters. The van der Waals surface area contributed by atoms with Crippen molar-refractivity contribution in [3.8, 4) is 55.9 Å². The van der Waals surface area contributed by atoms with E-state index in [0.29, 0.717) is 5.69 Å². The van der Waals surface area contributed by atoms with Crippen molar-refractivity contribution >= 4 is 132 Å². The number of hydrogen-bond donors (Lipinski definition) is 0. The Balaban J connectivity index is 1.02. The minimum atomic E-state index is -0.507. The zero-order valence-corrected chi connectivity index (χ0v) is 69.6. The Kier molecular flexibility index (Phi) is 14.6. The summed E-state index contributed by atoms with van der Waals surface area (Å²) in [4.78, 5) is 4.96. The number of hydrogen-bond acceptors (Lipinski definition) is 3. The Morgan fingerprint density at radius 2 is 0.684 bits per heavy atom. The zero-order chi connectivity index (χ0) is 86.2. The van der Waals surface area contributed by atoms with Crippen LogP contribution < -0.4 is 26.2 Å². The molecule has 114 heavy (non-hydrogen) atoms. The number of rotatable bonds is 8. The monoisotopic (exact) mass is 1500 g/mol. The van der Waals surface area contributed by atoms with Gasteiger partial charge in [0, 0.05) is 66.2 Å². The first-order chi connectivity index (χ1) is 57.6. The van der Waals surface area contributed by atoms with Crippen molar-refractivity contribution in [2.75, 3.05) is 9.80 Å². The second-order valence-electron chi connectivity index (χ2n) is 38.1. The van der Waals surface area contributed by atoms with Gasteiger partial charge in [0.05, 0.1) is 65.2 Å². The van der Waals surface area contributed by atoms with Crippen molar-refractivity contribution in [3.05, 3.63) is 318 Å². The third-order valence-electron chi connectivity index (χ3n) is 24.2. The summed E-state index contributed by atoms with van der Waals surface area (Å²) in [6, 6.07) is 84.7. The van der Waals surface area contributed by atoms with Crippen molar-refractivity contribution in [1.29, 1.82) is 0 Å². The average Bonchev–Trinajstić information content (AvgIpc) is 1.04. The summed E-state index contributed by atoms with van der Waals surface area (Å²) in [6.07, 6.45) is 0. The number of nitrogens with zero attached hydrogens (tertiary/aromatic N) is 4. The summed E-state index contributed by atoms with van der Waals surface area (Å²) in [5.74, 6) is 0. The van der Waals surface area contributed by atoms with Crippen LogP contribution >= 0.6 is 11.3 Å². The van der Waals surface area contributed by atoms with Crippen LogP contribution in [0.5, 0.6) is 0 Å². The molecule has 19 rings (SSSR count). The summed E-state index contributed by atoms with van der Waals surface area (Å²) in [5.41, 5.74) is 26.3. The van der Waals surface area contributed by atoms with E-state index in [1.807, 2.05) is 0 Å². The molecule has 562 valence electrons. The van der Waals surface area contributed by atoms with Crippen molar-refractivity contribution < 1.29 is 11.0 Å². The first-order valence-corrected chi connectivity index (χ1v) is 41.1. The summed E-state index contributed by atoms with van der Waals surface area (Å²) in [6.45, 7) is 40.6. The summed E-state index contributed by atoms with van der Waals surface area (Å²) >= 11 is 1.79. The van der Waals surface area contributed by atoms with Gasteiger partial charge in [0.25, 0.3) is 6.71 Å². The lowest BCUT2D eigenvalue weighted by Gasteiger charge is -2.45. The van der Waals surface area contributed by atoms with E-state index in [2.05, 4.69) is 376 Å². The van der Waals surface area contributed by atoms with Crippen molar-refractivity contribution in [3.63, 3.8) is 0 Å². The van der Waals surface area contributed by atoms with Crippen LogP contribution in [0.1, 0.15) is 169 Å². The molecule has 5 heterocycles. The van der Waals surface area contributed by atoms with Gasteiger partial charge in [-0.25, -0.2) is 0 Å². The Labute approximate surface area is 689 Å². The van der Waals surface area contributed by atoms with Gasteiger partial charge in [-0.2, -0.15) is 0 Å². The Morgan fingerprint density at radius 1 is 0.272 bits per heavy atom. The van der Waals surface area contributed by atoms with Gasteiger partial charge >= 0.3 is 0 Å². The highest BCUT2D eigenvalue weighted by Crippen LogP contribution is 2.56. The lowest BCUT2D eigenvalue weighted by atomic mass is 9.33. The summed E-state index contributed by atoms with van der Waals surface area (Å²) in [7, 11) is 0. The smallest absolute Gasteiger partial charge is 0.252 e. The molecule has 0 N–H and O–H groups in total. The molecule has 0 radical (unpaired) electrons. The van der Waals surface area contributed by atoms with Gasteiger partial charge in [-0.1, -0.05) is 325 Å². The maximum absolute atomic E-state index is 10.3. The molecule has 0 bridgehead atoms. The molecule has 14 aromatic carbocycles. The van der Waals surface area contributed by atoms with Crippen LogP contribution in [0.25, 0.3) is 120 Å². The molecule has 2 aliphatic heterocycles. The maximum atomic E-state index is 10.3. The molecular weight excluding hydrogens is 1400 g/mol. The van der Waals surface area contributed by atoms with E-state index in [-0.39, 0.29) is 66.4 Å². The topological polar surface area (TPSA) is 16.3 Å². The lowest BCUT2D eigenvalue weighted by Crippen LogP contribution is -2.61. The summed E-state index contributed by atoms with van der Waals surface area (Å²) < 4.78 is 84.8. The standard InChI is InChI=1S/C108H101BN4S/c1-103(2,3)72-37-29-36-68(54-72)69-46-50-88-96(57-69)113(100-83(66-32-21-19-22-33-66)62-77(108(16,17)18)63-84(100)67-34-23-20-24-35-67)98-65-78(110-89-42-27-25-38-79(89)80-39-26-28-43-90(80)110)64-97-99(98)109(88)87-51-47-70(71-55-75(106(10,11)12)59-76(56-71)107(13,14)15)58-95(87)112(97)94-45-31-41-82-81-40-30-44-93(101(81)114-102(82)94)111-91-52-48-73(104(4,5)6)60-85(91)86-61-74(105(7,8)9)49-53-92(86)111/h19-65H,1-18H3/i25D,26D,27D,28D,38D,39D,42D,43D. The Bertz CT molecular complexity index is 7070. The highest BCUT2D eigenvalue weighted by atomic mass is 32.1. The fourth-order valence-electron chi connectivity index (χ4n) is 17.8. The molecule has 0 aliphatic carbocycles. The van der Waals surface area contributed by atoms with E-state index in [1.54, 1.807) is 15.9 Å². The first-order valence-electron chi connectivity index (χ1n) is 44.3. The van der Waals surface area contributed by atoms with Crippen LogP contribution in [0, 0.1) is 0 Å². The number of anilines is 6. The molecule has 4 nitrogen and oxygen atoms in total. The second-order valence-corrected chi connectivity index (χ2v) is 39.1. The van der Waals surface area contributed by atoms with Crippen LogP contribution in [-0.4, -0.2) is 15.8 Å². The molecular formula is C108H101BN4S. The Hall–Kier alpha value is -11.4. The SMILES string of the molecule is [2H]c1c([2H])c([2H])c2c(c1[2H])c1c([2H])c([2H])c([2H])c([2H])c1n2-c1cc2c3c(c1)N(c1cccc4c1sc1c(-n5c6ccc(C(C)(C)C)cc6c6cc(C(C)(C)C)ccc65)cccc14)c1cc(-c4cc(C(C)(C)C)cc(C(C)(C)C)c4)ccc1B3c1ccc(-c3cccc(C(C)(C)C)c3)cc1N2c1c(-c2ccccc2)cc(C(C)(C)C)cc1-c1ccccc1. The minimum Gasteiger partial charge on any atom is -0.310 e. The molecule has 17 aromatic rings. The minimum absolute atomic E-state index is 0.000548. The number of thiophene rings is 1. The van der Waals surface area contributed by atoms with Crippen LogP contribution in [0.4, 0.5) is 34.1 Å². The van der Waals surface area contributed by atoms with E-state index >= 15 is 0 Å². The molecule has 6 heteroatoms. The third kappa shape index (κ3) is 12.0. The zero-order valence-electron chi connectivity index (χ0n) is 76.8. The van der Waals surface area contributed by atoms with Gasteiger partial charge in [0.1, 0.15) is 0 Å². The number of para-hydroxylation sites is 2. The number of fused-ring (bicyclic) bond motifs is 13. The van der Waals surface area contributed by atoms with Crippen LogP contribution in [-0.2, 0) is 32.5 Å². The van der Waals surface area contributed by atoms with Crippen LogP contribution in [0.15, 0.2) is 285 Å². The van der Waals surface area contributed by atoms with Gasteiger partial charge in [-0.15, -0.1) is 11.3 Å². The van der Waals surface area contributed by atoms with E-state index in [1.165, 1.54) is 38.6 Å². The maximum Gasteiger partial charge on any atom is 0.252 e. The van der Waals surface area contributed by atoms with Crippen molar-refractivity contribution in [2.24, 2.45) is 0 Å². The van der Waals surface area contributed by atoms with Gasteiger partial charge in [-0.05, 0) is 201 Å². The Morgan fingerprint density at radius 3 is 1.19 bits per heavy atom. The highest BCUT2D eigenvalue weighted by Gasteiger charge is 2.46. The molecule has 0 atom stereocenters. The number of benzene rings is 14. The second kappa shape index (κ2) is 26.1. The normalized spacial score (nSPS) is 14.5. The third-order valence-corrected chi connectivity index (χ3v) is 25.5. The first kappa shape index (κ1) is 64.0. The average molecular weight is 1510 g/mol. The van der Waals surface area contributed by atoms with Gasteiger partial charge in [0.15, 0.2) is 0 Å². The molecule has 0 spiro atoms. The van der Waals surface area contributed by atoms with Crippen molar-refractivity contribution in [2.45, 2.75) is 157 Å². The van der Waals surface area contributed by atoms with E-state index in [9.17, 15) is 11.0 Å². The van der Waals surface area contributed by atoms with Crippen molar-refractivity contribution in [1.82, 2.24) is 9.13 Å². The molecule has 0 saturated heterocycles. The van der Waals surface area contributed by atoms with Gasteiger partial charge in [0.2, 0.25) is 0 Å². The van der Waals surface area contributed by atoms with E-state index in [0.717, 1.165) is 137 Å². The predicted octanol–water partition coefficient (Wildman–Crippen LogP) is 28.8. The van der Waals surface area contributed by atoms with Gasteiger partial charge in [-0.3, -0.25) is 0 Å². The quantitative estimate of drug-likeness (QED) is 0.141. The lowest BCUT2D eigenvalue weighted by molar-refractivity contribution is 0.569.